The first-order chi connectivity index (χ1) is 12.8. The van der Waals surface area contributed by atoms with E-state index in [2.05, 4.69) is 26.2 Å². The van der Waals surface area contributed by atoms with Gasteiger partial charge in [-0.3, -0.25) is 4.79 Å². The largest absolute Gasteiger partial charge is 0.496 e. The summed E-state index contributed by atoms with van der Waals surface area (Å²) in [5, 5.41) is 3.86. The van der Waals surface area contributed by atoms with Crippen LogP contribution in [-0.4, -0.2) is 52.6 Å². The van der Waals surface area contributed by atoms with E-state index in [0.717, 1.165) is 37.5 Å². The van der Waals surface area contributed by atoms with Crippen LogP contribution < -0.4 is 19.7 Å². The summed E-state index contributed by atoms with van der Waals surface area (Å²) in [6, 6.07) is 2.65. The summed E-state index contributed by atoms with van der Waals surface area (Å²) in [5.41, 5.74) is 0. The van der Waals surface area contributed by atoms with Gasteiger partial charge < -0.3 is 15.0 Å². The third-order valence-electron chi connectivity index (χ3n) is 3.83. The highest BCUT2D eigenvalue weighted by Gasteiger charge is 2.25. The molecule has 0 unspecified atom stereocenters. The second-order valence-electron chi connectivity index (χ2n) is 5.60. The maximum atomic E-state index is 12.6. The SMILES string of the molecule is COc1cc(Cl)c(S(=O)(=O)NC(=O)c2cnc(N3CCNCC3)s2)cc1Br. The van der Waals surface area contributed by atoms with Crippen LogP contribution in [-0.2, 0) is 10.0 Å². The average Bonchev–Trinajstić information content (AvgIpc) is 3.14. The molecule has 8 nitrogen and oxygen atoms in total. The van der Waals surface area contributed by atoms with Gasteiger partial charge in [0.25, 0.3) is 15.9 Å². The van der Waals surface area contributed by atoms with Gasteiger partial charge in [0.15, 0.2) is 5.13 Å². The molecule has 27 heavy (non-hydrogen) atoms. The molecule has 2 heterocycles. The Morgan fingerprint density at radius 1 is 1.41 bits per heavy atom. The second-order valence-corrected chi connectivity index (χ2v) is 9.52. The Hall–Kier alpha value is -1.40. The zero-order valence-electron chi connectivity index (χ0n) is 14.2. The highest BCUT2D eigenvalue weighted by Crippen LogP contribution is 2.33. The van der Waals surface area contributed by atoms with E-state index in [4.69, 9.17) is 16.3 Å². The molecule has 0 bridgehead atoms. The highest BCUT2D eigenvalue weighted by atomic mass is 79.9. The summed E-state index contributed by atoms with van der Waals surface area (Å²) >= 11 is 10.4. The van der Waals surface area contributed by atoms with Crippen molar-refractivity contribution >= 4 is 59.9 Å². The van der Waals surface area contributed by atoms with Crippen LogP contribution in [0.3, 0.4) is 0 Å². The van der Waals surface area contributed by atoms with Gasteiger partial charge in [-0.05, 0) is 22.0 Å². The average molecular weight is 496 g/mol. The molecule has 1 aromatic heterocycles. The molecule has 0 spiro atoms. The number of sulfonamides is 1. The van der Waals surface area contributed by atoms with Gasteiger partial charge in [-0.25, -0.2) is 18.1 Å². The Balaban J connectivity index is 1.79. The smallest absolute Gasteiger partial charge is 0.276 e. The molecule has 12 heteroatoms. The van der Waals surface area contributed by atoms with Gasteiger partial charge in [0.05, 0.1) is 22.8 Å². The Morgan fingerprint density at radius 2 is 2.11 bits per heavy atom. The monoisotopic (exact) mass is 494 g/mol. The zero-order chi connectivity index (χ0) is 19.6. The molecule has 1 fully saturated rings. The lowest BCUT2D eigenvalue weighted by Gasteiger charge is -2.26. The van der Waals surface area contributed by atoms with E-state index >= 15 is 0 Å². The standard InChI is InChI=1S/C15H16BrClN4O4S2/c1-25-11-7-10(17)13(6-9(11)16)27(23,24)20-14(22)12-8-19-15(26-12)21-4-2-18-3-5-21/h6-8,18H,2-5H2,1H3,(H,20,22). The van der Waals surface area contributed by atoms with Crippen molar-refractivity contribution in [1.29, 1.82) is 0 Å². The number of hydrogen-bond acceptors (Lipinski definition) is 8. The molecule has 1 aromatic carbocycles. The lowest BCUT2D eigenvalue weighted by atomic mass is 10.3. The highest BCUT2D eigenvalue weighted by molar-refractivity contribution is 9.10. The number of methoxy groups -OCH3 is 1. The number of halogens is 2. The quantitative estimate of drug-likeness (QED) is 0.655. The van der Waals surface area contributed by atoms with Crippen molar-refractivity contribution in [3.63, 3.8) is 0 Å². The molecule has 0 radical (unpaired) electrons. The minimum Gasteiger partial charge on any atom is -0.496 e. The number of ether oxygens (including phenoxy) is 1. The third-order valence-corrected chi connectivity index (χ3v) is 7.30. The van der Waals surface area contributed by atoms with Crippen LogP contribution in [0.2, 0.25) is 5.02 Å². The number of aromatic nitrogens is 1. The van der Waals surface area contributed by atoms with Crippen LogP contribution in [0.15, 0.2) is 27.7 Å². The fourth-order valence-electron chi connectivity index (χ4n) is 2.47. The van der Waals surface area contributed by atoms with Crippen molar-refractivity contribution in [2.24, 2.45) is 0 Å². The summed E-state index contributed by atoms with van der Waals surface area (Å²) in [7, 11) is -2.73. The van der Waals surface area contributed by atoms with Crippen molar-refractivity contribution in [2.75, 3.05) is 38.2 Å². The summed E-state index contributed by atoms with van der Waals surface area (Å²) in [4.78, 5) is 18.7. The van der Waals surface area contributed by atoms with Crippen molar-refractivity contribution in [3.05, 3.63) is 32.7 Å². The molecular weight excluding hydrogens is 480 g/mol. The number of carbonyl (C=O) groups is 1. The number of piperazine rings is 1. The van der Waals surface area contributed by atoms with Gasteiger partial charge in [0, 0.05) is 32.2 Å². The lowest BCUT2D eigenvalue weighted by Crippen LogP contribution is -2.43. The van der Waals surface area contributed by atoms with Crippen molar-refractivity contribution < 1.29 is 17.9 Å². The Morgan fingerprint density at radius 3 is 2.78 bits per heavy atom. The number of rotatable bonds is 5. The van der Waals surface area contributed by atoms with E-state index in [9.17, 15) is 13.2 Å². The molecule has 1 aliphatic heterocycles. The van der Waals surface area contributed by atoms with Crippen LogP contribution in [0.25, 0.3) is 0 Å². The molecule has 146 valence electrons. The van der Waals surface area contributed by atoms with Crippen LogP contribution in [0.5, 0.6) is 5.75 Å². The summed E-state index contributed by atoms with van der Waals surface area (Å²) < 4.78 is 32.7. The van der Waals surface area contributed by atoms with Crippen molar-refractivity contribution in [1.82, 2.24) is 15.0 Å². The number of thiazole rings is 1. The van der Waals surface area contributed by atoms with Gasteiger partial charge in [0.2, 0.25) is 0 Å². The Kier molecular flexibility index (Phi) is 6.26. The third kappa shape index (κ3) is 4.54. The molecule has 2 aromatic rings. The molecule has 2 N–H and O–H groups in total. The number of anilines is 1. The predicted octanol–water partition coefficient (Wildman–Crippen LogP) is 2.10. The molecule has 0 aliphatic carbocycles. The molecule has 0 atom stereocenters. The van der Waals surface area contributed by atoms with Gasteiger partial charge >= 0.3 is 0 Å². The Bertz CT molecular complexity index is 961. The maximum Gasteiger partial charge on any atom is 0.276 e. The van der Waals surface area contributed by atoms with E-state index in [1.807, 2.05) is 9.62 Å². The Labute approximate surface area is 174 Å². The fourth-order valence-corrected chi connectivity index (χ4v) is 5.57. The van der Waals surface area contributed by atoms with Crippen molar-refractivity contribution in [2.45, 2.75) is 4.90 Å². The number of carbonyl (C=O) groups excluding carboxylic acids is 1. The van der Waals surface area contributed by atoms with Crippen LogP contribution in [0.4, 0.5) is 5.13 Å². The minimum absolute atomic E-state index is 0.0545. The number of amides is 1. The van der Waals surface area contributed by atoms with Crippen LogP contribution >= 0.6 is 38.9 Å². The van der Waals surface area contributed by atoms with E-state index in [1.54, 1.807) is 0 Å². The van der Waals surface area contributed by atoms with Gasteiger partial charge in [0.1, 0.15) is 15.5 Å². The second kappa shape index (κ2) is 8.31. The van der Waals surface area contributed by atoms with E-state index in [-0.39, 0.29) is 14.8 Å². The van der Waals surface area contributed by atoms with E-state index in [0.29, 0.717) is 15.4 Å². The minimum atomic E-state index is -4.16. The molecule has 1 saturated heterocycles. The van der Waals surface area contributed by atoms with Crippen LogP contribution in [0, 0.1) is 0 Å². The normalized spacial score (nSPS) is 14.9. The number of nitrogens with one attached hydrogen (secondary N) is 2. The first-order valence-corrected chi connectivity index (χ1v) is 11.3. The van der Waals surface area contributed by atoms with Crippen LogP contribution in [0.1, 0.15) is 9.67 Å². The fraction of sp³-hybridized carbons (Fsp3) is 0.333. The topological polar surface area (TPSA) is 101 Å². The van der Waals surface area contributed by atoms with Gasteiger partial charge in [-0.2, -0.15) is 0 Å². The first kappa shape index (κ1) is 20.3. The van der Waals surface area contributed by atoms with Gasteiger partial charge in [-0.1, -0.05) is 22.9 Å². The van der Waals surface area contributed by atoms with Crippen molar-refractivity contribution in [3.8, 4) is 5.75 Å². The molecule has 0 saturated carbocycles. The lowest BCUT2D eigenvalue weighted by molar-refractivity contribution is 0.0985. The molecule has 1 aliphatic rings. The number of benzene rings is 1. The predicted molar refractivity (Wildman–Crippen MR) is 108 cm³/mol. The number of hydrogen-bond donors (Lipinski definition) is 2. The first-order valence-electron chi connectivity index (χ1n) is 7.83. The number of nitrogens with zero attached hydrogens (tertiary/aromatic N) is 2. The summed E-state index contributed by atoms with van der Waals surface area (Å²) in [6.45, 7) is 3.23. The van der Waals surface area contributed by atoms with E-state index in [1.165, 1.54) is 25.4 Å². The zero-order valence-corrected chi connectivity index (χ0v) is 18.1. The maximum absolute atomic E-state index is 12.6. The molecule has 1 amide bonds. The summed E-state index contributed by atoms with van der Waals surface area (Å²) in [5.74, 6) is -0.370. The molecular formula is C15H16BrClN4O4S2. The van der Waals surface area contributed by atoms with E-state index < -0.39 is 15.9 Å². The summed E-state index contributed by atoms with van der Waals surface area (Å²) in [6.07, 6.45) is 1.37. The van der Waals surface area contributed by atoms with Gasteiger partial charge in [-0.15, -0.1) is 0 Å². The molecule has 3 rings (SSSR count).